The van der Waals surface area contributed by atoms with E-state index < -0.39 is 10.0 Å². The summed E-state index contributed by atoms with van der Waals surface area (Å²) in [7, 11) is -2.28. The van der Waals surface area contributed by atoms with Crippen molar-refractivity contribution in [2.75, 3.05) is 33.3 Å². The van der Waals surface area contributed by atoms with Gasteiger partial charge in [0.25, 0.3) is 5.91 Å². The molecule has 0 N–H and O–H groups in total. The summed E-state index contributed by atoms with van der Waals surface area (Å²) in [6.07, 6.45) is 2.94. The van der Waals surface area contributed by atoms with Crippen LogP contribution in [0.25, 0.3) is 0 Å². The Morgan fingerprint density at radius 3 is 2.39 bits per heavy atom. The van der Waals surface area contributed by atoms with Crippen LogP contribution in [-0.2, 0) is 10.0 Å². The van der Waals surface area contributed by atoms with Crippen LogP contribution in [0.3, 0.4) is 0 Å². The van der Waals surface area contributed by atoms with Crippen molar-refractivity contribution in [3.8, 4) is 5.75 Å². The number of hydrogen-bond acceptors (Lipinski definition) is 4. The first-order valence-electron chi connectivity index (χ1n) is 10.2. The van der Waals surface area contributed by atoms with E-state index in [2.05, 4.69) is 20.8 Å². The summed E-state index contributed by atoms with van der Waals surface area (Å²) in [4.78, 5) is 14.8. The molecular formula is C21H34N2O4S. The van der Waals surface area contributed by atoms with Gasteiger partial charge in [-0.25, -0.2) is 8.42 Å². The number of benzene rings is 1. The number of sulfonamides is 1. The molecule has 0 spiro atoms. The molecule has 1 saturated heterocycles. The SMILES string of the molecule is CCCCN(CC)C(=O)c1ccc(OC)c(S(=O)(=O)N2CC(C)CC(C)C2)c1. The van der Waals surface area contributed by atoms with Gasteiger partial charge in [-0.2, -0.15) is 4.31 Å². The Labute approximate surface area is 169 Å². The van der Waals surface area contributed by atoms with Crippen molar-refractivity contribution >= 4 is 15.9 Å². The minimum atomic E-state index is -3.74. The van der Waals surface area contributed by atoms with Gasteiger partial charge in [0.1, 0.15) is 10.6 Å². The maximum absolute atomic E-state index is 13.4. The van der Waals surface area contributed by atoms with Crippen molar-refractivity contribution in [1.82, 2.24) is 9.21 Å². The minimum Gasteiger partial charge on any atom is -0.495 e. The van der Waals surface area contributed by atoms with Gasteiger partial charge < -0.3 is 9.64 Å². The molecule has 2 unspecified atom stereocenters. The fraction of sp³-hybridized carbons (Fsp3) is 0.667. The van der Waals surface area contributed by atoms with Crippen molar-refractivity contribution in [2.24, 2.45) is 11.8 Å². The van der Waals surface area contributed by atoms with E-state index in [4.69, 9.17) is 4.74 Å². The van der Waals surface area contributed by atoms with E-state index in [1.165, 1.54) is 17.5 Å². The van der Waals surface area contributed by atoms with Crippen LogP contribution in [0.2, 0.25) is 0 Å². The third-order valence-electron chi connectivity index (χ3n) is 5.31. The molecule has 1 aliphatic rings. The molecular weight excluding hydrogens is 376 g/mol. The fourth-order valence-electron chi connectivity index (χ4n) is 3.89. The van der Waals surface area contributed by atoms with E-state index in [9.17, 15) is 13.2 Å². The van der Waals surface area contributed by atoms with Gasteiger partial charge in [0, 0.05) is 31.7 Å². The molecule has 2 rings (SSSR count). The third-order valence-corrected chi connectivity index (χ3v) is 7.17. The van der Waals surface area contributed by atoms with Gasteiger partial charge in [0.05, 0.1) is 7.11 Å². The Morgan fingerprint density at radius 2 is 1.86 bits per heavy atom. The molecule has 28 heavy (non-hydrogen) atoms. The zero-order chi connectivity index (χ0) is 20.9. The lowest BCUT2D eigenvalue weighted by Crippen LogP contribution is -2.42. The second-order valence-corrected chi connectivity index (χ2v) is 9.78. The first kappa shape index (κ1) is 22.7. The van der Waals surface area contributed by atoms with E-state index >= 15 is 0 Å². The number of amides is 1. The second-order valence-electron chi connectivity index (χ2n) is 7.87. The summed E-state index contributed by atoms with van der Waals surface area (Å²) in [5.74, 6) is 0.743. The second kappa shape index (κ2) is 9.74. The monoisotopic (exact) mass is 410 g/mol. The van der Waals surface area contributed by atoms with E-state index in [0.717, 1.165) is 19.3 Å². The van der Waals surface area contributed by atoms with Crippen LogP contribution in [0, 0.1) is 11.8 Å². The molecule has 6 nitrogen and oxygen atoms in total. The summed E-state index contributed by atoms with van der Waals surface area (Å²) in [5, 5.41) is 0. The topological polar surface area (TPSA) is 66.9 Å². The number of rotatable bonds is 8. The van der Waals surface area contributed by atoms with Gasteiger partial charge in [-0.1, -0.05) is 27.2 Å². The van der Waals surface area contributed by atoms with Crippen molar-refractivity contribution in [2.45, 2.75) is 51.9 Å². The number of carbonyl (C=O) groups excluding carboxylic acids is 1. The van der Waals surface area contributed by atoms with Gasteiger partial charge in [0.2, 0.25) is 10.0 Å². The number of methoxy groups -OCH3 is 1. The summed E-state index contributed by atoms with van der Waals surface area (Å²) < 4.78 is 33.6. The number of piperidine rings is 1. The molecule has 0 bridgehead atoms. The molecule has 1 amide bonds. The standard InChI is InChI=1S/C21H34N2O4S/c1-6-8-11-22(7-2)21(24)18-9-10-19(27-5)20(13-18)28(25,26)23-14-16(3)12-17(4)15-23/h9-10,13,16-17H,6-8,11-12,14-15H2,1-5H3. The van der Waals surface area contributed by atoms with Crippen molar-refractivity contribution in [3.05, 3.63) is 23.8 Å². The minimum absolute atomic E-state index is 0.0775. The zero-order valence-electron chi connectivity index (χ0n) is 17.8. The van der Waals surface area contributed by atoms with Crippen molar-refractivity contribution in [1.29, 1.82) is 0 Å². The number of nitrogens with zero attached hydrogens (tertiary/aromatic N) is 2. The van der Waals surface area contributed by atoms with E-state index in [1.54, 1.807) is 17.0 Å². The normalized spacial score (nSPS) is 20.8. The van der Waals surface area contributed by atoms with E-state index in [1.807, 2.05) is 6.92 Å². The van der Waals surface area contributed by atoms with Crippen molar-refractivity contribution in [3.63, 3.8) is 0 Å². The average molecular weight is 411 g/mol. The Hall–Kier alpha value is -1.60. The summed E-state index contributed by atoms with van der Waals surface area (Å²) in [6, 6.07) is 4.72. The Morgan fingerprint density at radius 1 is 1.21 bits per heavy atom. The highest BCUT2D eigenvalue weighted by atomic mass is 32.2. The lowest BCUT2D eigenvalue weighted by molar-refractivity contribution is 0.0762. The number of ether oxygens (including phenoxy) is 1. The molecule has 1 aromatic rings. The first-order chi connectivity index (χ1) is 13.2. The van der Waals surface area contributed by atoms with Gasteiger partial charge in [-0.05, 0) is 49.8 Å². The highest BCUT2D eigenvalue weighted by molar-refractivity contribution is 7.89. The maximum atomic E-state index is 13.4. The molecule has 1 fully saturated rings. The van der Waals surface area contributed by atoms with Crippen LogP contribution in [-0.4, -0.2) is 56.8 Å². The van der Waals surface area contributed by atoms with Crippen LogP contribution in [0.4, 0.5) is 0 Å². The lowest BCUT2D eigenvalue weighted by atomic mass is 9.94. The molecule has 1 aromatic carbocycles. The molecule has 0 aliphatic carbocycles. The summed E-state index contributed by atoms with van der Waals surface area (Å²) >= 11 is 0. The first-order valence-corrected chi connectivity index (χ1v) is 11.7. The number of hydrogen-bond donors (Lipinski definition) is 0. The molecule has 0 aromatic heterocycles. The van der Waals surface area contributed by atoms with Crippen molar-refractivity contribution < 1.29 is 17.9 Å². The highest BCUT2D eigenvalue weighted by Gasteiger charge is 2.34. The van der Waals surface area contributed by atoms with Crippen LogP contribution >= 0.6 is 0 Å². The predicted octanol–water partition coefficient (Wildman–Crippen LogP) is 3.62. The Bertz CT molecular complexity index is 769. The third kappa shape index (κ3) is 5.06. The van der Waals surface area contributed by atoms with Crippen LogP contribution in [0.1, 0.15) is 57.3 Å². The Balaban J connectivity index is 2.40. The van der Waals surface area contributed by atoms with Gasteiger partial charge in [-0.3, -0.25) is 4.79 Å². The molecule has 2 atom stereocenters. The number of carbonyl (C=O) groups is 1. The molecule has 1 heterocycles. The largest absolute Gasteiger partial charge is 0.495 e. The predicted molar refractivity (Wildman–Crippen MR) is 111 cm³/mol. The van der Waals surface area contributed by atoms with Gasteiger partial charge >= 0.3 is 0 Å². The Kier molecular flexibility index (Phi) is 7.89. The van der Waals surface area contributed by atoms with Crippen LogP contribution in [0.5, 0.6) is 5.75 Å². The van der Waals surface area contributed by atoms with Crippen LogP contribution < -0.4 is 4.74 Å². The molecule has 0 saturated carbocycles. The van der Waals surface area contributed by atoms with Gasteiger partial charge in [0.15, 0.2) is 0 Å². The zero-order valence-corrected chi connectivity index (χ0v) is 18.6. The summed E-state index contributed by atoms with van der Waals surface area (Å²) in [5.41, 5.74) is 0.385. The average Bonchev–Trinajstić information content (AvgIpc) is 2.67. The van der Waals surface area contributed by atoms with E-state index in [-0.39, 0.29) is 16.6 Å². The van der Waals surface area contributed by atoms with E-state index in [0.29, 0.717) is 43.6 Å². The lowest BCUT2D eigenvalue weighted by Gasteiger charge is -2.34. The highest BCUT2D eigenvalue weighted by Crippen LogP contribution is 2.32. The summed E-state index contributed by atoms with van der Waals surface area (Å²) in [6.45, 7) is 10.4. The molecule has 158 valence electrons. The molecule has 1 aliphatic heterocycles. The van der Waals surface area contributed by atoms with Crippen LogP contribution in [0.15, 0.2) is 23.1 Å². The molecule has 7 heteroatoms. The fourth-order valence-corrected chi connectivity index (χ4v) is 5.75. The maximum Gasteiger partial charge on any atom is 0.253 e. The smallest absolute Gasteiger partial charge is 0.253 e. The quantitative estimate of drug-likeness (QED) is 0.656. The molecule has 0 radical (unpaired) electrons. The number of unbranched alkanes of at least 4 members (excludes halogenated alkanes) is 1. The van der Waals surface area contributed by atoms with Gasteiger partial charge in [-0.15, -0.1) is 0 Å².